The Morgan fingerprint density at radius 3 is 2.26 bits per heavy atom. The fraction of sp³-hybridized carbons (Fsp3) is 0.464. The maximum Gasteiger partial charge on any atom is 0.407 e. The Morgan fingerprint density at radius 2 is 1.66 bits per heavy atom. The van der Waals surface area contributed by atoms with Crippen LogP contribution in [0.4, 0.5) is 4.79 Å². The second-order valence-corrected chi connectivity index (χ2v) is 10.5. The van der Waals surface area contributed by atoms with E-state index in [1.165, 1.54) is 11.1 Å². The summed E-state index contributed by atoms with van der Waals surface area (Å²) in [6, 6.07) is 15.9. The molecule has 0 aliphatic heterocycles. The minimum absolute atomic E-state index is 0.00896. The van der Waals surface area contributed by atoms with Crippen LogP contribution in [0, 0.1) is 10.8 Å². The molecule has 2 aliphatic carbocycles. The first kappa shape index (κ1) is 24.8. The third-order valence-corrected chi connectivity index (χ3v) is 7.73. The van der Waals surface area contributed by atoms with Gasteiger partial charge in [0.1, 0.15) is 6.61 Å². The van der Waals surface area contributed by atoms with Crippen molar-refractivity contribution in [3.63, 3.8) is 0 Å². The molecule has 7 heteroatoms. The number of carboxylic acids is 1. The van der Waals surface area contributed by atoms with E-state index in [4.69, 9.17) is 4.74 Å². The highest BCUT2D eigenvalue weighted by atomic mass is 16.5. The minimum Gasteiger partial charge on any atom is -0.481 e. The molecule has 0 aromatic heterocycles. The van der Waals surface area contributed by atoms with Crippen LogP contribution in [-0.4, -0.2) is 42.3 Å². The largest absolute Gasteiger partial charge is 0.481 e. The number of alkyl carbamates (subject to hydrolysis) is 1. The molecule has 2 aliphatic rings. The SMILES string of the molecule is CC(C)(CCNC(=O)OCC1c2ccccc2-c2ccccc21)C(=O)NC1CCCC1(C)C(=O)O. The molecular formula is C28H34N2O5. The van der Waals surface area contributed by atoms with Gasteiger partial charge in [0.25, 0.3) is 0 Å². The van der Waals surface area contributed by atoms with Gasteiger partial charge in [-0.15, -0.1) is 0 Å². The number of amides is 2. The molecule has 2 aromatic rings. The summed E-state index contributed by atoms with van der Waals surface area (Å²) in [6.45, 7) is 5.81. The van der Waals surface area contributed by atoms with Crippen molar-refractivity contribution in [2.75, 3.05) is 13.2 Å². The van der Waals surface area contributed by atoms with Crippen molar-refractivity contribution in [3.05, 3.63) is 59.7 Å². The predicted molar refractivity (Wildman–Crippen MR) is 133 cm³/mol. The van der Waals surface area contributed by atoms with Crippen LogP contribution in [0.5, 0.6) is 0 Å². The summed E-state index contributed by atoms with van der Waals surface area (Å²) in [7, 11) is 0. The van der Waals surface area contributed by atoms with Crippen LogP contribution in [0.25, 0.3) is 11.1 Å². The van der Waals surface area contributed by atoms with E-state index in [2.05, 4.69) is 34.9 Å². The van der Waals surface area contributed by atoms with Crippen molar-refractivity contribution in [2.45, 2.75) is 58.4 Å². The van der Waals surface area contributed by atoms with E-state index in [0.29, 0.717) is 19.3 Å². The summed E-state index contributed by atoms with van der Waals surface area (Å²) in [5, 5.41) is 15.3. The van der Waals surface area contributed by atoms with Crippen molar-refractivity contribution in [2.24, 2.45) is 10.8 Å². The molecule has 0 radical (unpaired) electrons. The van der Waals surface area contributed by atoms with Crippen LogP contribution in [0.2, 0.25) is 0 Å². The van der Waals surface area contributed by atoms with Crippen molar-refractivity contribution in [1.82, 2.24) is 10.6 Å². The van der Waals surface area contributed by atoms with Crippen LogP contribution in [-0.2, 0) is 14.3 Å². The third kappa shape index (κ3) is 4.90. The Morgan fingerprint density at radius 1 is 1.06 bits per heavy atom. The summed E-state index contributed by atoms with van der Waals surface area (Å²) in [5.41, 5.74) is 2.94. The number of benzene rings is 2. The topological polar surface area (TPSA) is 105 Å². The van der Waals surface area contributed by atoms with Crippen molar-refractivity contribution < 1.29 is 24.2 Å². The zero-order chi connectivity index (χ0) is 25.2. The number of fused-ring (bicyclic) bond motifs is 3. The zero-order valence-electron chi connectivity index (χ0n) is 20.6. The summed E-state index contributed by atoms with van der Waals surface area (Å²) in [5.74, 6) is -1.09. The summed E-state index contributed by atoms with van der Waals surface area (Å²) < 4.78 is 5.56. The highest BCUT2D eigenvalue weighted by Gasteiger charge is 2.47. The number of aliphatic carboxylic acids is 1. The van der Waals surface area contributed by atoms with Gasteiger partial charge in [0, 0.05) is 23.9 Å². The summed E-state index contributed by atoms with van der Waals surface area (Å²) >= 11 is 0. The number of hydrogen-bond acceptors (Lipinski definition) is 4. The molecule has 1 saturated carbocycles. The molecule has 2 amide bonds. The van der Waals surface area contributed by atoms with E-state index >= 15 is 0 Å². The summed E-state index contributed by atoms with van der Waals surface area (Å²) in [6.07, 6.45) is 1.87. The van der Waals surface area contributed by atoms with E-state index in [1.807, 2.05) is 24.3 Å². The number of ether oxygens (including phenoxy) is 1. The molecule has 3 N–H and O–H groups in total. The lowest BCUT2D eigenvalue weighted by Gasteiger charge is -2.32. The molecular weight excluding hydrogens is 444 g/mol. The van der Waals surface area contributed by atoms with Gasteiger partial charge >= 0.3 is 12.1 Å². The number of rotatable bonds is 8. The molecule has 4 rings (SSSR count). The van der Waals surface area contributed by atoms with E-state index in [0.717, 1.165) is 17.5 Å². The van der Waals surface area contributed by atoms with Gasteiger partial charge in [-0.2, -0.15) is 0 Å². The van der Waals surface area contributed by atoms with E-state index < -0.39 is 22.9 Å². The number of carboxylic acid groups (broad SMARTS) is 1. The quantitative estimate of drug-likeness (QED) is 0.510. The van der Waals surface area contributed by atoms with Gasteiger partial charge in [-0.05, 0) is 48.4 Å². The van der Waals surface area contributed by atoms with E-state index in [1.54, 1.807) is 20.8 Å². The molecule has 35 heavy (non-hydrogen) atoms. The Kier molecular flexibility index (Phi) is 6.88. The van der Waals surface area contributed by atoms with Gasteiger partial charge < -0.3 is 20.5 Å². The van der Waals surface area contributed by atoms with Gasteiger partial charge in [-0.3, -0.25) is 9.59 Å². The fourth-order valence-electron chi connectivity index (χ4n) is 5.25. The normalized spacial score (nSPS) is 21.2. The molecule has 0 heterocycles. The lowest BCUT2D eigenvalue weighted by Crippen LogP contribution is -2.51. The van der Waals surface area contributed by atoms with E-state index in [-0.39, 0.29) is 31.0 Å². The summed E-state index contributed by atoms with van der Waals surface area (Å²) in [4.78, 5) is 37.0. The van der Waals surface area contributed by atoms with Gasteiger partial charge in [0.15, 0.2) is 0 Å². The van der Waals surface area contributed by atoms with Gasteiger partial charge in [-0.1, -0.05) is 68.8 Å². The van der Waals surface area contributed by atoms with Crippen LogP contribution >= 0.6 is 0 Å². The Labute approximate surface area is 206 Å². The van der Waals surface area contributed by atoms with Gasteiger partial charge in [0.2, 0.25) is 5.91 Å². The van der Waals surface area contributed by atoms with Crippen molar-refractivity contribution >= 4 is 18.0 Å². The Balaban J connectivity index is 1.27. The van der Waals surface area contributed by atoms with Crippen LogP contribution < -0.4 is 10.6 Å². The van der Waals surface area contributed by atoms with Gasteiger partial charge in [0.05, 0.1) is 5.41 Å². The molecule has 7 nitrogen and oxygen atoms in total. The van der Waals surface area contributed by atoms with Crippen molar-refractivity contribution in [3.8, 4) is 11.1 Å². The standard InChI is InChI=1S/C28H34N2O5/c1-27(2,24(31)30-23-13-8-14-28(23,3)25(32)33)15-16-29-26(34)35-17-22-20-11-6-4-9-18(20)19-10-5-7-12-21(19)22/h4-7,9-12,22-23H,8,13-17H2,1-3H3,(H,29,34)(H,30,31)(H,32,33). The van der Waals surface area contributed by atoms with Crippen LogP contribution in [0.15, 0.2) is 48.5 Å². The number of carbonyl (C=O) groups excluding carboxylic acids is 2. The molecule has 1 fully saturated rings. The maximum absolute atomic E-state index is 12.9. The number of hydrogen-bond donors (Lipinski definition) is 3. The van der Waals surface area contributed by atoms with Crippen LogP contribution in [0.1, 0.15) is 63.5 Å². The predicted octanol–water partition coefficient (Wildman–Crippen LogP) is 4.70. The lowest BCUT2D eigenvalue weighted by molar-refractivity contribution is -0.149. The Bertz CT molecular complexity index is 1080. The molecule has 186 valence electrons. The third-order valence-electron chi connectivity index (χ3n) is 7.73. The monoisotopic (exact) mass is 478 g/mol. The second kappa shape index (κ2) is 9.72. The molecule has 2 unspecified atom stereocenters. The second-order valence-electron chi connectivity index (χ2n) is 10.5. The average Bonchev–Trinajstić information content (AvgIpc) is 3.36. The highest BCUT2D eigenvalue weighted by molar-refractivity contribution is 5.84. The molecule has 2 aromatic carbocycles. The maximum atomic E-state index is 12.9. The van der Waals surface area contributed by atoms with Crippen LogP contribution in [0.3, 0.4) is 0 Å². The molecule has 2 atom stereocenters. The molecule has 0 saturated heterocycles. The Hall–Kier alpha value is -3.35. The highest BCUT2D eigenvalue weighted by Crippen LogP contribution is 2.44. The number of carbonyl (C=O) groups is 3. The van der Waals surface area contributed by atoms with E-state index in [9.17, 15) is 19.5 Å². The molecule has 0 bridgehead atoms. The smallest absolute Gasteiger partial charge is 0.407 e. The zero-order valence-corrected chi connectivity index (χ0v) is 20.6. The number of nitrogens with one attached hydrogen (secondary N) is 2. The average molecular weight is 479 g/mol. The first-order valence-corrected chi connectivity index (χ1v) is 12.3. The fourth-order valence-corrected chi connectivity index (χ4v) is 5.25. The first-order chi connectivity index (χ1) is 16.6. The lowest BCUT2D eigenvalue weighted by atomic mass is 9.83. The first-order valence-electron chi connectivity index (χ1n) is 12.3. The molecule has 0 spiro atoms. The van der Waals surface area contributed by atoms with Gasteiger partial charge in [-0.25, -0.2) is 4.79 Å². The van der Waals surface area contributed by atoms with Crippen molar-refractivity contribution in [1.29, 1.82) is 0 Å². The minimum atomic E-state index is -0.939.